The molecule has 28 heavy (non-hydrogen) atoms. The maximum atomic E-state index is 12.7. The van der Waals surface area contributed by atoms with E-state index in [4.69, 9.17) is 0 Å². The lowest BCUT2D eigenvalue weighted by atomic mass is 10.2. The molecule has 0 radical (unpaired) electrons. The molecule has 3 aromatic rings. The molecule has 4 rings (SSSR count). The Balaban J connectivity index is 0.000000206. The van der Waals surface area contributed by atoms with E-state index in [1.807, 2.05) is 43.5 Å². The highest BCUT2D eigenvalue weighted by Gasteiger charge is 2.29. The van der Waals surface area contributed by atoms with Crippen molar-refractivity contribution in [2.75, 3.05) is 7.05 Å². The quantitative estimate of drug-likeness (QED) is 0.699. The van der Waals surface area contributed by atoms with E-state index in [1.165, 1.54) is 15.2 Å². The van der Waals surface area contributed by atoms with E-state index >= 15 is 0 Å². The van der Waals surface area contributed by atoms with E-state index < -0.39 is 10.0 Å². The van der Waals surface area contributed by atoms with E-state index in [1.54, 1.807) is 38.4 Å². The number of fused-ring (bicyclic) bond motifs is 1. The Morgan fingerprint density at radius 1 is 1.00 bits per heavy atom. The number of para-hydroxylation sites is 1. The van der Waals surface area contributed by atoms with E-state index in [-0.39, 0.29) is 6.17 Å². The number of hydrogen-bond donors (Lipinski definition) is 2. The first kappa shape index (κ1) is 19.9. The number of likely N-dealkylation sites (N-methyl/N-ethyl adjacent to an activating group) is 1. The van der Waals surface area contributed by atoms with Crippen LogP contribution in [0.4, 0.5) is 0 Å². The summed E-state index contributed by atoms with van der Waals surface area (Å²) in [6.07, 6.45) is 7.00. The van der Waals surface area contributed by atoms with Gasteiger partial charge in [-0.3, -0.25) is 9.62 Å². The van der Waals surface area contributed by atoms with Crippen LogP contribution in [0.15, 0.2) is 89.6 Å². The second kappa shape index (κ2) is 8.46. The summed E-state index contributed by atoms with van der Waals surface area (Å²) in [5, 5.41) is 4.26. The average molecular weight is 396 g/mol. The number of sulfonamides is 1. The predicted octanol–water partition coefficient (Wildman–Crippen LogP) is 4.17. The molecule has 0 saturated carbocycles. The van der Waals surface area contributed by atoms with Gasteiger partial charge in [-0.15, -0.1) is 0 Å². The average Bonchev–Trinajstić information content (AvgIpc) is 3.17. The molecule has 6 heteroatoms. The summed E-state index contributed by atoms with van der Waals surface area (Å²) in [5.41, 5.74) is 2.86. The number of hydrogen-bond acceptors (Lipinski definition) is 3. The third kappa shape index (κ3) is 4.18. The van der Waals surface area contributed by atoms with Crippen LogP contribution in [-0.4, -0.2) is 30.9 Å². The van der Waals surface area contributed by atoms with Gasteiger partial charge in [0.05, 0.1) is 4.90 Å². The Kier molecular flexibility index (Phi) is 6.02. The first-order valence-corrected chi connectivity index (χ1v) is 10.5. The Bertz CT molecular complexity index is 1080. The summed E-state index contributed by atoms with van der Waals surface area (Å²) in [6, 6.07) is 17.3. The Morgan fingerprint density at radius 3 is 2.43 bits per heavy atom. The number of nitrogens with one attached hydrogen (secondary N) is 2. The molecule has 0 aliphatic carbocycles. The molecule has 2 N–H and O–H groups in total. The van der Waals surface area contributed by atoms with Gasteiger partial charge >= 0.3 is 0 Å². The minimum absolute atomic E-state index is 0.342. The molecule has 1 unspecified atom stereocenters. The lowest BCUT2D eigenvalue weighted by Gasteiger charge is -2.30. The maximum absolute atomic E-state index is 12.7. The zero-order chi connectivity index (χ0) is 20.1. The largest absolute Gasteiger partial charge is 0.361 e. The van der Waals surface area contributed by atoms with Crippen molar-refractivity contribution in [3.8, 4) is 0 Å². The van der Waals surface area contributed by atoms with Crippen molar-refractivity contribution in [1.29, 1.82) is 0 Å². The highest BCUT2D eigenvalue weighted by Crippen LogP contribution is 2.24. The summed E-state index contributed by atoms with van der Waals surface area (Å²) >= 11 is 0. The fourth-order valence-electron chi connectivity index (χ4n) is 3.05. The third-order valence-electron chi connectivity index (χ3n) is 4.55. The van der Waals surface area contributed by atoms with Gasteiger partial charge in [-0.1, -0.05) is 42.5 Å². The lowest BCUT2D eigenvalue weighted by Crippen LogP contribution is -2.44. The predicted molar refractivity (Wildman–Crippen MR) is 114 cm³/mol. The monoisotopic (exact) mass is 395 g/mol. The topological polar surface area (TPSA) is 65.2 Å². The summed E-state index contributed by atoms with van der Waals surface area (Å²) in [6.45, 7) is 3.68. The second-order valence-electron chi connectivity index (χ2n) is 6.63. The smallest absolute Gasteiger partial charge is 0.265 e. The van der Waals surface area contributed by atoms with Gasteiger partial charge in [-0.05, 0) is 61.7 Å². The van der Waals surface area contributed by atoms with Crippen molar-refractivity contribution in [2.24, 2.45) is 0 Å². The van der Waals surface area contributed by atoms with Crippen LogP contribution >= 0.6 is 0 Å². The zero-order valence-electron chi connectivity index (χ0n) is 16.3. The van der Waals surface area contributed by atoms with Gasteiger partial charge in [0.25, 0.3) is 10.0 Å². The first-order chi connectivity index (χ1) is 13.4. The summed E-state index contributed by atoms with van der Waals surface area (Å²) < 4.78 is 26.8. The van der Waals surface area contributed by atoms with Crippen LogP contribution in [0.1, 0.15) is 12.5 Å². The molecule has 0 saturated heterocycles. The van der Waals surface area contributed by atoms with Crippen LogP contribution in [0, 0.1) is 6.92 Å². The fourth-order valence-corrected chi connectivity index (χ4v) is 4.78. The molecule has 1 aromatic heterocycles. The Labute approximate surface area is 166 Å². The number of aryl methyl sites for hydroxylation is 1. The van der Waals surface area contributed by atoms with Gasteiger partial charge in [0.2, 0.25) is 0 Å². The molecule has 1 aliphatic rings. The highest BCUT2D eigenvalue weighted by atomic mass is 32.2. The Hall–Kier alpha value is -2.83. The van der Waals surface area contributed by atoms with E-state index in [2.05, 4.69) is 28.5 Å². The molecule has 0 amide bonds. The summed E-state index contributed by atoms with van der Waals surface area (Å²) in [5.74, 6) is 0. The van der Waals surface area contributed by atoms with Crippen LogP contribution in [0.5, 0.6) is 0 Å². The van der Waals surface area contributed by atoms with Crippen LogP contribution in [0.2, 0.25) is 0 Å². The minimum atomic E-state index is -3.54. The van der Waals surface area contributed by atoms with Gasteiger partial charge in [0, 0.05) is 17.9 Å². The molecule has 2 heterocycles. The molecule has 0 bridgehead atoms. The molecule has 0 spiro atoms. The lowest BCUT2D eigenvalue weighted by molar-refractivity contribution is 0.405. The van der Waals surface area contributed by atoms with Crippen molar-refractivity contribution in [1.82, 2.24) is 14.6 Å². The van der Waals surface area contributed by atoms with Crippen molar-refractivity contribution in [2.45, 2.75) is 24.9 Å². The molecule has 0 fully saturated rings. The van der Waals surface area contributed by atoms with Crippen LogP contribution < -0.4 is 5.32 Å². The van der Waals surface area contributed by atoms with Gasteiger partial charge in [0.15, 0.2) is 0 Å². The Morgan fingerprint density at radius 2 is 1.71 bits per heavy atom. The highest BCUT2D eigenvalue weighted by molar-refractivity contribution is 7.89. The van der Waals surface area contributed by atoms with E-state index in [0.717, 1.165) is 11.1 Å². The maximum Gasteiger partial charge on any atom is 0.265 e. The first-order valence-electron chi connectivity index (χ1n) is 9.08. The second-order valence-corrected chi connectivity index (χ2v) is 8.44. The van der Waals surface area contributed by atoms with Gasteiger partial charge in [0.1, 0.15) is 6.17 Å². The van der Waals surface area contributed by atoms with Crippen molar-refractivity contribution in [3.05, 3.63) is 90.3 Å². The molecule has 146 valence electrons. The summed E-state index contributed by atoms with van der Waals surface area (Å²) in [7, 11) is -1.80. The fraction of sp³-hybridized carbons (Fsp3) is 0.182. The molecule has 5 nitrogen and oxygen atoms in total. The number of aromatic nitrogens is 1. The van der Waals surface area contributed by atoms with E-state index in [0.29, 0.717) is 4.90 Å². The molecular formula is C22H25N3O2S. The molecule has 1 aliphatic heterocycles. The summed E-state index contributed by atoms with van der Waals surface area (Å²) in [4.78, 5) is 3.46. The van der Waals surface area contributed by atoms with Crippen LogP contribution in [-0.2, 0) is 10.0 Å². The standard InChI is InChI=1S/C14H18N2O2S.C8H7N/c1-11-8-9-14(15-3)16(10-11)19(17,18)13-7-5-4-6-12(13)2;1-2-4-8-7(3-1)5-6-9-8/h4-10,14-15H,1-3H3;1-6,9H. The normalized spacial score (nSPS) is 16.5. The number of aromatic amines is 1. The van der Waals surface area contributed by atoms with Gasteiger partial charge < -0.3 is 4.98 Å². The van der Waals surface area contributed by atoms with Crippen molar-refractivity contribution >= 4 is 20.9 Å². The molecular weight excluding hydrogens is 370 g/mol. The number of H-pyrrole nitrogens is 1. The minimum Gasteiger partial charge on any atom is -0.361 e. The van der Waals surface area contributed by atoms with Crippen molar-refractivity contribution in [3.63, 3.8) is 0 Å². The molecule has 1 atom stereocenters. The van der Waals surface area contributed by atoms with Crippen LogP contribution in [0.3, 0.4) is 0 Å². The number of nitrogens with zero attached hydrogens (tertiary/aromatic N) is 1. The van der Waals surface area contributed by atoms with Gasteiger partial charge in [-0.2, -0.15) is 0 Å². The van der Waals surface area contributed by atoms with Gasteiger partial charge in [-0.25, -0.2) is 8.42 Å². The SMILES string of the molecule is CNC1C=CC(C)=CN1S(=O)(=O)c1ccccc1C.c1ccc2[nH]ccc2c1. The number of benzene rings is 2. The van der Waals surface area contributed by atoms with Crippen LogP contribution in [0.25, 0.3) is 10.9 Å². The zero-order valence-corrected chi connectivity index (χ0v) is 17.1. The number of allylic oxidation sites excluding steroid dienone is 2. The van der Waals surface area contributed by atoms with Crippen molar-refractivity contribution < 1.29 is 8.42 Å². The molecule has 2 aromatic carbocycles. The number of rotatable bonds is 3. The third-order valence-corrected chi connectivity index (χ3v) is 6.46. The van der Waals surface area contributed by atoms with E-state index in [9.17, 15) is 8.42 Å².